The predicted octanol–water partition coefficient (Wildman–Crippen LogP) is 1.24. The lowest BCUT2D eigenvalue weighted by Crippen LogP contribution is -2.63. The fraction of sp³-hybridized carbons (Fsp3) is 0.967. The lowest BCUT2D eigenvalue weighted by molar-refractivity contribution is -0.383. The fourth-order valence-corrected chi connectivity index (χ4v) is 6.25. The monoisotopic (exact) mass is 688 g/mol. The number of unbranched alkanes of at least 4 members (excludes halogenated alkanes) is 14. The molecule has 2 heterocycles. The van der Waals surface area contributed by atoms with Gasteiger partial charge in [0, 0.05) is 6.42 Å². The maximum absolute atomic E-state index is 12.3. The molecule has 0 radical (unpaired) electrons. The van der Waals surface area contributed by atoms with Crippen molar-refractivity contribution in [3.05, 3.63) is 0 Å². The Morgan fingerprint density at radius 3 is 1.76 bits per heavy atom. The summed E-state index contributed by atoms with van der Waals surface area (Å²) in [6.45, 7) is -0.408. The van der Waals surface area contributed by atoms with Gasteiger partial charge in [-0.25, -0.2) is 4.18 Å². The Kier molecular flexibility index (Phi) is 18.9. The van der Waals surface area contributed by atoms with Crippen LogP contribution in [0.3, 0.4) is 0 Å². The first-order chi connectivity index (χ1) is 21.9. The Morgan fingerprint density at radius 2 is 1.28 bits per heavy atom. The minimum atomic E-state index is -5.14. The zero-order valence-electron chi connectivity index (χ0n) is 26.9. The van der Waals surface area contributed by atoms with Crippen molar-refractivity contribution in [3.8, 4) is 0 Å². The van der Waals surface area contributed by atoms with Gasteiger partial charge in [0.2, 0.25) is 5.79 Å². The van der Waals surface area contributed by atoms with Crippen LogP contribution >= 0.6 is 0 Å². The molecule has 0 saturated carbocycles. The number of aliphatic hydroxyl groups excluding tert-OH is 6. The normalized spacial score (nSPS) is 31.7. The van der Waals surface area contributed by atoms with Crippen molar-refractivity contribution in [3.63, 3.8) is 0 Å². The Balaban J connectivity index is 1.71. The second-order valence-electron chi connectivity index (χ2n) is 12.3. The summed E-state index contributed by atoms with van der Waals surface area (Å²) in [5.41, 5.74) is 0. The van der Waals surface area contributed by atoms with E-state index in [4.69, 9.17) is 23.5 Å². The van der Waals surface area contributed by atoms with Gasteiger partial charge in [0.25, 0.3) is 0 Å². The molecule has 0 aromatic carbocycles. The smallest absolute Gasteiger partial charge is 0.397 e. The summed E-state index contributed by atoms with van der Waals surface area (Å²) in [6, 6.07) is 0. The average molecular weight is 689 g/mol. The van der Waals surface area contributed by atoms with Gasteiger partial charge in [0.15, 0.2) is 6.29 Å². The highest BCUT2D eigenvalue weighted by atomic mass is 32.3. The van der Waals surface area contributed by atoms with E-state index in [9.17, 15) is 43.9 Å². The summed E-state index contributed by atoms with van der Waals surface area (Å²) in [6.07, 6.45) is 3.40. The van der Waals surface area contributed by atoms with Crippen molar-refractivity contribution in [1.29, 1.82) is 0 Å². The third-order valence-corrected chi connectivity index (χ3v) is 8.95. The van der Waals surface area contributed by atoms with Crippen LogP contribution in [0.5, 0.6) is 0 Å². The Labute approximate surface area is 272 Å². The van der Waals surface area contributed by atoms with Crippen molar-refractivity contribution in [1.82, 2.24) is 0 Å². The van der Waals surface area contributed by atoms with E-state index in [1.807, 2.05) is 0 Å². The van der Waals surface area contributed by atoms with Gasteiger partial charge in [-0.3, -0.25) is 9.35 Å². The van der Waals surface area contributed by atoms with Crippen LogP contribution in [0.1, 0.15) is 110 Å². The van der Waals surface area contributed by atoms with Crippen molar-refractivity contribution in [2.45, 2.75) is 164 Å². The minimum Gasteiger partial charge on any atom is -0.463 e. The molecular formula is C30H56O15S. The van der Waals surface area contributed by atoms with Gasteiger partial charge in [-0.15, -0.1) is 0 Å². The SMILES string of the molecule is CCCCCCCCCCCCCCCCCC(=O)OC[C@H]1O[C@H](O[C@]2(CO)O[C@H](CO)[C@@H](OS(=O)(=O)O)[C@@H]2O)[C@H](O)[C@@H](O)[C@@H]1O. The zero-order valence-corrected chi connectivity index (χ0v) is 27.7. The van der Waals surface area contributed by atoms with E-state index in [1.54, 1.807) is 0 Å². The van der Waals surface area contributed by atoms with Crippen LogP contribution in [0.4, 0.5) is 0 Å². The van der Waals surface area contributed by atoms with E-state index < -0.39 is 91.0 Å². The van der Waals surface area contributed by atoms with Crippen LogP contribution in [0.15, 0.2) is 0 Å². The number of carbonyl (C=O) groups excluding carboxylic acids is 1. The molecular weight excluding hydrogens is 632 g/mol. The molecule has 0 bridgehead atoms. The van der Waals surface area contributed by atoms with Gasteiger partial charge in [0.1, 0.15) is 55.9 Å². The first kappa shape index (κ1) is 41.2. The van der Waals surface area contributed by atoms with E-state index in [0.717, 1.165) is 19.3 Å². The predicted molar refractivity (Wildman–Crippen MR) is 162 cm³/mol. The average Bonchev–Trinajstić information content (AvgIpc) is 3.27. The third-order valence-electron chi connectivity index (χ3n) is 8.49. The largest absolute Gasteiger partial charge is 0.463 e. The molecule has 46 heavy (non-hydrogen) atoms. The first-order valence-corrected chi connectivity index (χ1v) is 18.0. The number of esters is 1. The number of hydrogen-bond donors (Lipinski definition) is 7. The van der Waals surface area contributed by atoms with Gasteiger partial charge in [0.05, 0.1) is 6.61 Å². The van der Waals surface area contributed by atoms with Crippen molar-refractivity contribution < 1.29 is 71.5 Å². The van der Waals surface area contributed by atoms with E-state index in [-0.39, 0.29) is 6.42 Å². The Hall–Kier alpha value is -1.02. The minimum absolute atomic E-state index is 0.136. The van der Waals surface area contributed by atoms with E-state index >= 15 is 0 Å². The molecule has 0 amide bonds. The van der Waals surface area contributed by atoms with Gasteiger partial charge in [-0.2, -0.15) is 8.42 Å². The van der Waals surface area contributed by atoms with Crippen molar-refractivity contribution in [2.75, 3.05) is 19.8 Å². The Bertz CT molecular complexity index is 953. The topological polar surface area (TPSA) is 239 Å². The molecule has 2 saturated heterocycles. The van der Waals surface area contributed by atoms with E-state index in [2.05, 4.69) is 11.1 Å². The summed E-state index contributed by atoms with van der Waals surface area (Å²) >= 11 is 0. The maximum atomic E-state index is 12.3. The number of ether oxygens (including phenoxy) is 4. The zero-order chi connectivity index (χ0) is 34.2. The highest BCUT2D eigenvalue weighted by Gasteiger charge is 2.60. The standard InChI is InChI=1S/C30H56O15S/c1-2-3-4-5-6-7-8-9-10-11-12-13-14-15-16-17-23(33)41-19-22-24(34)25(35)26(36)29(42-22)44-30(20-32)28(37)27(21(18-31)43-30)45-46(38,39)40/h21-22,24-29,31-32,34-37H,2-20H2,1H3,(H,38,39,40)/t21-,22-,24-,25+,26-,27-,28+,29-,30+/m1/s1. The highest BCUT2D eigenvalue weighted by molar-refractivity contribution is 7.80. The van der Waals surface area contributed by atoms with Gasteiger partial charge in [-0.05, 0) is 6.42 Å². The molecule has 7 N–H and O–H groups in total. The molecule has 0 aliphatic carbocycles. The highest BCUT2D eigenvalue weighted by Crippen LogP contribution is 2.37. The molecule has 272 valence electrons. The number of rotatable bonds is 24. The first-order valence-electron chi connectivity index (χ1n) is 16.7. The lowest BCUT2D eigenvalue weighted by Gasteiger charge is -2.43. The van der Waals surface area contributed by atoms with Crippen LogP contribution in [-0.2, 0) is 38.3 Å². The lowest BCUT2D eigenvalue weighted by atomic mass is 9.99. The summed E-state index contributed by atoms with van der Waals surface area (Å²) in [4.78, 5) is 12.3. The molecule has 2 aliphatic rings. The summed E-state index contributed by atoms with van der Waals surface area (Å²) < 4.78 is 57.2. The van der Waals surface area contributed by atoms with E-state index in [0.29, 0.717) is 6.42 Å². The van der Waals surface area contributed by atoms with Gasteiger partial charge < -0.3 is 49.6 Å². The van der Waals surface area contributed by atoms with Crippen molar-refractivity contribution in [2.24, 2.45) is 0 Å². The van der Waals surface area contributed by atoms with Crippen LogP contribution in [-0.4, -0.2) is 124 Å². The van der Waals surface area contributed by atoms with Gasteiger partial charge in [-0.1, -0.05) is 96.8 Å². The second-order valence-corrected chi connectivity index (χ2v) is 13.3. The molecule has 0 aromatic heterocycles. The van der Waals surface area contributed by atoms with Crippen LogP contribution in [0.2, 0.25) is 0 Å². The molecule has 0 spiro atoms. The summed E-state index contributed by atoms with van der Waals surface area (Å²) in [7, 11) is -5.14. The molecule has 0 unspecified atom stereocenters. The van der Waals surface area contributed by atoms with Crippen LogP contribution in [0, 0.1) is 0 Å². The number of carbonyl (C=O) groups is 1. The fourth-order valence-electron chi connectivity index (χ4n) is 5.74. The quantitative estimate of drug-likeness (QED) is 0.0429. The molecule has 2 rings (SSSR count). The molecule has 15 nitrogen and oxygen atoms in total. The number of hydrogen-bond acceptors (Lipinski definition) is 14. The third kappa shape index (κ3) is 13.5. The molecule has 2 aliphatic heterocycles. The number of aliphatic hydroxyl groups is 6. The van der Waals surface area contributed by atoms with Crippen molar-refractivity contribution >= 4 is 16.4 Å². The van der Waals surface area contributed by atoms with Crippen LogP contribution < -0.4 is 0 Å². The summed E-state index contributed by atoms with van der Waals surface area (Å²) in [5.74, 6) is -3.11. The molecule has 0 aromatic rings. The maximum Gasteiger partial charge on any atom is 0.397 e. The van der Waals surface area contributed by atoms with Gasteiger partial charge >= 0.3 is 16.4 Å². The Morgan fingerprint density at radius 1 is 0.761 bits per heavy atom. The molecule has 2 fully saturated rings. The molecule has 9 atom stereocenters. The summed E-state index contributed by atoms with van der Waals surface area (Å²) in [5, 5.41) is 61.3. The van der Waals surface area contributed by atoms with Crippen LogP contribution in [0.25, 0.3) is 0 Å². The van der Waals surface area contributed by atoms with E-state index in [1.165, 1.54) is 70.6 Å². The molecule has 16 heteroatoms. The second kappa shape index (κ2) is 21.1.